The van der Waals surface area contributed by atoms with Gasteiger partial charge in [-0.25, -0.2) is 4.39 Å². The van der Waals surface area contributed by atoms with Crippen molar-refractivity contribution in [2.45, 2.75) is 31.0 Å². The number of hydrogen-bond donors (Lipinski definition) is 1. The first kappa shape index (κ1) is 18.5. The zero-order valence-corrected chi connectivity index (χ0v) is 16.1. The number of amides is 1. The van der Waals surface area contributed by atoms with E-state index in [-0.39, 0.29) is 11.7 Å². The maximum absolute atomic E-state index is 12.9. The van der Waals surface area contributed by atoms with Crippen molar-refractivity contribution >= 4 is 29.0 Å². The van der Waals surface area contributed by atoms with Crippen LogP contribution in [0.25, 0.3) is 0 Å². The van der Waals surface area contributed by atoms with Crippen molar-refractivity contribution < 1.29 is 9.18 Å². The average molecular weight is 388 g/mol. The molecule has 1 aromatic heterocycles. The van der Waals surface area contributed by atoms with Crippen molar-refractivity contribution in [3.8, 4) is 0 Å². The summed E-state index contributed by atoms with van der Waals surface area (Å²) in [5.74, 6) is 0.108. The van der Waals surface area contributed by atoms with Gasteiger partial charge in [0.05, 0.1) is 5.75 Å². The minimum atomic E-state index is -0.296. The predicted molar refractivity (Wildman–Crippen MR) is 103 cm³/mol. The van der Waals surface area contributed by atoms with E-state index in [4.69, 9.17) is 0 Å². The minimum absolute atomic E-state index is 0.269. The number of rotatable bonds is 6. The van der Waals surface area contributed by atoms with E-state index >= 15 is 0 Å². The molecule has 0 aliphatic rings. The Morgan fingerprint density at radius 1 is 1.15 bits per heavy atom. The van der Waals surface area contributed by atoms with Gasteiger partial charge in [0.25, 0.3) is 5.91 Å². The second kappa shape index (κ2) is 8.42. The molecule has 4 nitrogen and oxygen atoms in total. The van der Waals surface area contributed by atoms with E-state index in [1.807, 2.05) is 0 Å². The lowest BCUT2D eigenvalue weighted by molar-refractivity contribution is 0.0950. The summed E-state index contributed by atoms with van der Waals surface area (Å²) < 4.78 is 12.9. The van der Waals surface area contributed by atoms with Crippen molar-refractivity contribution in [3.05, 3.63) is 75.0 Å². The third-order valence-corrected chi connectivity index (χ3v) is 6.00. The van der Waals surface area contributed by atoms with Crippen molar-refractivity contribution in [2.24, 2.45) is 0 Å². The lowest BCUT2D eigenvalue weighted by atomic mass is 10.2. The summed E-state index contributed by atoms with van der Waals surface area (Å²) in [4.78, 5) is 13.4. The summed E-state index contributed by atoms with van der Waals surface area (Å²) in [6.45, 7) is 4.48. The van der Waals surface area contributed by atoms with E-state index in [2.05, 4.69) is 47.6 Å². The summed E-state index contributed by atoms with van der Waals surface area (Å²) >= 11 is 2.98. The summed E-state index contributed by atoms with van der Waals surface area (Å²) in [7, 11) is 0. The molecule has 1 amide bonds. The van der Waals surface area contributed by atoms with E-state index in [9.17, 15) is 9.18 Å². The summed E-state index contributed by atoms with van der Waals surface area (Å²) in [6, 6.07) is 12.4. The molecule has 0 radical (unpaired) electrons. The number of benzene rings is 2. The summed E-state index contributed by atoms with van der Waals surface area (Å²) in [5.41, 5.74) is 3.30. The Morgan fingerprint density at radius 3 is 2.65 bits per heavy atom. The van der Waals surface area contributed by atoms with E-state index in [1.165, 1.54) is 39.5 Å². The fourth-order valence-electron chi connectivity index (χ4n) is 2.36. The van der Waals surface area contributed by atoms with Crippen LogP contribution in [-0.2, 0) is 12.3 Å². The van der Waals surface area contributed by atoms with Gasteiger partial charge in [-0.2, -0.15) is 0 Å². The largest absolute Gasteiger partial charge is 0.346 e. The number of hydrogen-bond acceptors (Lipinski definition) is 5. The first-order chi connectivity index (χ1) is 12.5. The van der Waals surface area contributed by atoms with Crippen LogP contribution in [0.15, 0.2) is 47.4 Å². The maximum Gasteiger partial charge on any atom is 0.282 e. The molecule has 0 saturated heterocycles. The average Bonchev–Trinajstić information content (AvgIpc) is 3.09. The Hall–Kier alpha value is -2.25. The fraction of sp³-hybridized carbons (Fsp3) is 0.211. The van der Waals surface area contributed by atoms with Crippen molar-refractivity contribution in [2.75, 3.05) is 0 Å². The molecule has 134 valence electrons. The van der Waals surface area contributed by atoms with E-state index in [1.54, 1.807) is 23.9 Å². The van der Waals surface area contributed by atoms with Crippen LogP contribution >= 0.6 is 23.1 Å². The lowest BCUT2D eigenvalue weighted by Crippen LogP contribution is -2.22. The van der Waals surface area contributed by atoms with Gasteiger partial charge in [-0.15, -0.1) is 22.0 Å². The Morgan fingerprint density at radius 2 is 1.92 bits per heavy atom. The van der Waals surface area contributed by atoms with Gasteiger partial charge >= 0.3 is 0 Å². The Labute approximate surface area is 159 Å². The number of carbonyl (C=O) groups excluding carboxylic acids is 1. The molecule has 1 heterocycles. The topological polar surface area (TPSA) is 54.9 Å². The van der Waals surface area contributed by atoms with Crippen LogP contribution in [-0.4, -0.2) is 16.1 Å². The molecular formula is C19H18FN3OS2. The number of thioether (sulfide) groups is 1. The third kappa shape index (κ3) is 4.89. The first-order valence-corrected chi connectivity index (χ1v) is 9.86. The zero-order valence-electron chi connectivity index (χ0n) is 14.5. The van der Waals surface area contributed by atoms with E-state index < -0.39 is 0 Å². The minimum Gasteiger partial charge on any atom is -0.346 e. The molecular weight excluding hydrogens is 369 g/mol. The molecule has 26 heavy (non-hydrogen) atoms. The molecule has 0 atom stereocenters. The molecule has 0 fully saturated rings. The van der Waals surface area contributed by atoms with Gasteiger partial charge in [-0.3, -0.25) is 4.79 Å². The number of carbonyl (C=O) groups is 1. The normalized spacial score (nSPS) is 10.7. The number of nitrogens with zero attached hydrogens (tertiary/aromatic N) is 2. The van der Waals surface area contributed by atoms with Gasteiger partial charge in [0.1, 0.15) is 10.8 Å². The number of halogens is 1. The van der Waals surface area contributed by atoms with Crippen molar-refractivity contribution in [3.63, 3.8) is 0 Å². The lowest BCUT2D eigenvalue weighted by Gasteiger charge is -2.04. The molecule has 1 N–H and O–H groups in total. The van der Waals surface area contributed by atoms with Crippen LogP contribution in [0.4, 0.5) is 4.39 Å². The molecule has 0 saturated carbocycles. The van der Waals surface area contributed by atoms with Gasteiger partial charge in [0, 0.05) is 11.4 Å². The summed E-state index contributed by atoms with van der Waals surface area (Å²) in [5, 5.41) is 12.0. The SMILES string of the molecule is Cc1ccc(SCc2nnc(C(=O)NCc3ccc(F)cc3)s2)c(C)c1. The zero-order chi connectivity index (χ0) is 18.5. The molecule has 3 rings (SSSR count). The number of nitrogens with one attached hydrogen (secondary N) is 1. The Kier molecular flexibility index (Phi) is 6.00. The van der Waals surface area contributed by atoms with Crippen LogP contribution in [0, 0.1) is 19.7 Å². The first-order valence-electron chi connectivity index (χ1n) is 8.06. The second-order valence-corrected chi connectivity index (χ2v) is 7.95. The molecule has 3 aromatic rings. The molecule has 0 aliphatic carbocycles. The fourth-order valence-corrected chi connectivity index (χ4v) is 4.12. The second-order valence-electron chi connectivity index (χ2n) is 5.87. The summed E-state index contributed by atoms with van der Waals surface area (Å²) in [6.07, 6.45) is 0. The Balaban J connectivity index is 1.55. The van der Waals surface area contributed by atoms with Crippen LogP contribution in [0.5, 0.6) is 0 Å². The van der Waals surface area contributed by atoms with Crippen molar-refractivity contribution in [1.29, 1.82) is 0 Å². The molecule has 7 heteroatoms. The monoisotopic (exact) mass is 387 g/mol. The van der Waals surface area contributed by atoms with Gasteiger partial charge in [-0.05, 0) is 43.2 Å². The van der Waals surface area contributed by atoms with Crippen LogP contribution in [0.3, 0.4) is 0 Å². The molecule has 0 aliphatic heterocycles. The molecule has 2 aromatic carbocycles. The highest BCUT2D eigenvalue weighted by atomic mass is 32.2. The maximum atomic E-state index is 12.9. The number of aryl methyl sites for hydroxylation is 2. The Bertz CT molecular complexity index is 909. The van der Waals surface area contributed by atoms with Gasteiger partial charge < -0.3 is 5.32 Å². The van der Waals surface area contributed by atoms with E-state index in [0.29, 0.717) is 17.3 Å². The van der Waals surface area contributed by atoms with Gasteiger partial charge in [-0.1, -0.05) is 41.2 Å². The van der Waals surface area contributed by atoms with Crippen LogP contribution < -0.4 is 5.32 Å². The molecule has 0 bridgehead atoms. The van der Waals surface area contributed by atoms with Gasteiger partial charge in [0.15, 0.2) is 0 Å². The quantitative estimate of drug-likeness (QED) is 0.632. The highest BCUT2D eigenvalue weighted by molar-refractivity contribution is 7.98. The highest BCUT2D eigenvalue weighted by Gasteiger charge is 2.13. The third-order valence-electron chi connectivity index (χ3n) is 3.71. The van der Waals surface area contributed by atoms with E-state index in [0.717, 1.165) is 10.6 Å². The van der Waals surface area contributed by atoms with Crippen LogP contribution in [0.2, 0.25) is 0 Å². The standard InChI is InChI=1S/C19H18FN3OS2/c1-12-3-8-16(13(2)9-12)25-11-17-22-23-19(26-17)18(24)21-10-14-4-6-15(20)7-5-14/h3-9H,10-11H2,1-2H3,(H,21,24). The van der Waals surface area contributed by atoms with Gasteiger partial charge in [0.2, 0.25) is 5.01 Å². The highest BCUT2D eigenvalue weighted by Crippen LogP contribution is 2.27. The van der Waals surface area contributed by atoms with Crippen molar-refractivity contribution in [1.82, 2.24) is 15.5 Å². The molecule has 0 unspecified atom stereocenters. The van der Waals surface area contributed by atoms with Crippen LogP contribution in [0.1, 0.15) is 31.5 Å². The molecule has 0 spiro atoms. The number of aromatic nitrogens is 2. The predicted octanol–water partition coefficient (Wildman–Crippen LogP) is 4.52. The smallest absolute Gasteiger partial charge is 0.282 e.